The molecule has 0 aliphatic heterocycles. The zero-order valence-corrected chi connectivity index (χ0v) is 7.73. The van der Waals surface area contributed by atoms with Crippen LogP contribution < -0.4 is 5.32 Å². The molecule has 2 N–H and O–H groups in total. The highest BCUT2D eigenvalue weighted by Gasteiger charge is 1.82. The van der Waals surface area contributed by atoms with Gasteiger partial charge in [0.25, 0.3) is 0 Å². The predicted molar refractivity (Wildman–Crippen MR) is 53.6 cm³/mol. The van der Waals surface area contributed by atoms with E-state index in [1.165, 1.54) is 0 Å². The Morgan fingerprint density at radius 2 is 2.00 bits per heavy atom. The summed E-state index contributed by atoms with van der Waals surface area (Å²) in [4.78, 5) is 10.0. The van der Waals surface area contributed by atoms with E-state index in [4.69, 9.17) is 5.11 Å². The first-order valence-corrected chi connectivity index (χ1v) is 4.15. The fraction of sp³-hybridized carbons (Fsp3) is 0.300. The second-order valence-corrected chi connectivity index (χ2v) is 2.35. The molecule has 0 saturated heterocycles. The number of hydrogen-bond acceptors (Lipinski definition) is 2. The first kappa shape index (κ1) is 11.6. The van der Waals surface area contributed by atoms with Crippen molar-refractivity contribution >= 4 is 5.97 Å². The van der Waals surface area contributed by atoms with Gasteiger partial charge in [-0.25, -0.2) is 4.79 Å². The Balaban J connectivity index is 3.31. The molecule has 0 atom stereocenters. The van der Waals surface area contributed by atoms with Crippen LogP contribution in [0.2, 0.25) is 0 Å². The number of carbonyl (C=O) groups is 1. The zero-order chi connectivity index (χ0) is 9.94. The molecule has 0 amide bonds. The van der Waals surface area contributed by atoms with Crippen LogP contribution in [-0.4, -0.2) is 24.2 Å². The summed E-state index contributed by atoms with van der Waals surface area (Å²) in [7, 11) is 0. The lowest BCUT2D eigenvalue weighted by Crippen LogP contribution is -2.13. The number of carboxylic acids is 1. The second kappa shape index (κ2) is 8.74. The minimum absolute atomic E-state index is 0.576. The number of aliphatic carboxylic acids is 1. The van der Waals surface area contributed by atoms with Gasteiger partial charge in [0.05, 0.1) is 0 Å². The normalized spacial score (nSPS) is 12.1. The molecule has 0 aromatic heterocycles. The summed E-state index contributed by atoms with van der Waals surface area (Å²) in [6.45, 7) is 3.27. The molecule has 3 nitrogen and oxygen atoms in total. The summed E-state index contributed by atoms with van der Waals surface area (Å²) >= 11 is 0. The molecular formula is C10H15NO2. The number of nitrogens with one attached hydrogen (secondary N) is 1. The molecule has 0 rings (SSSR count). The van der Waals surface area contributed by atoms with Crippen LogP contribution in [0.3, 0.4) is 0 Å². The van der Waals surface area contributed by atoms with Gasteiger partial charge >= 0.3 is 5.97 Å². The lowest BCUT2D eigenvalue weighted by molar-refractivity contribution is -0.131. The van der Waals surface area contributed by atoms with Gasteiger partial charge in [0.1, 0.15) is 0 Å². The SMILES string of the molecule is CC=CC=CCNCC=CC(=O)O. The minimum atomic E-state index is -0.911. The van der Waals surface area contributed by atoms with Crippen molar-refractivity contribution in [2.75, 3.05) is 13.1 Å². The van der Waals surface area contributed by atoms with Crippen LogP contribution in [0.15, 0.2) is 36.5 Å². The highest BCUT2D eigenvalue weighted by atomic mass is 16.4. The molecular weight excluding hydrogens is 166 g/mol. The van der Waals surface area contributed by atoms with E-state index in [2.05, 4.69) is 5.32 Å². The quantitative estimate of drug-likeness (QED) is 0.369. The van der Waals surface area contributed by atoms with E-state index < -0.39 is 5.97 Å². The van der Waals surface area contributed by atoms with Crippen molar-refractivity contribution < 1.29 is 9.90 Å². The number of rotatable bonds is 6. The van der Waals surface area contributed by atoms with Crippen molar-refractivity contribution in [3.8, 4) is 0 Å². The summed E-state index contributed by atoms with van der Waals surface area (Å²) in [5, 5.41) is 11.3. The van der Waals surface area contributed by atoms with E-state index >= 15 is 0 Å². The fourth-order valence-electron chi connectivity index (χ4n) is 0.667. The zero-order valence-electron chi connectivity index (χ0n) is 7.73. The number of carboxylic acid groups (broad SMARTS) is 1. The van der Waals surface area contributed by atoms with E-state index in [0.717, 1.165) is 12.6 Å². The van der Waals surface area contributed by atoms with Gasteiger partial charge in [0.15, 0.2) is 0 Å². The molecule has 0 aromatic carbocycles. The van der Waals surface area contributed by atoms with Crippen LogP contribution in [0, 0.1) is 0 Å². The van der Waals surface area contributed by atoms with Gasteiger partial charge < -0.3 is 10.4 Å². The molecule has 0 spiro atoms. The maximum absolute atomic E-state index is 10.0. The molecule has 0 saturated carbocycles. The molecule has 0 aliphatic rings. The Bertz CT molecular complexity index is 217. The Kier molecular flexibility index (Phi) is 7.84. The molecule has 3 heteroatoms. The highest BCUT2D eigenvalue weighted by molar-refractivity contribution is 5.79. The van der Waals surface area contributed by atoms with E-state index in [1.54, 1.807) is 6.08 Å². The molecule has 0 radical (unpaired) electrons. The molecule has 0 bridgehead atoms. The van der Waals surface area contributed by atoms with Gasteiger partial charge in [0.2, 0.25) is 0 Å². The minimum Gasteiger partial charge on any atom is -0.478 e. The molecule has 0 fully saturated rings. The molecule has 0 heterocycles. The van der Waals surface area contributed by atoms with Crippen LogP contribution in [0.25, 0.3) is 0 Å². The summed E-state index contributed by atoms with van der Waals surface area (Å²) in [5.74, 6) is -0.911. The van der Waals surface area contributed by atoms with E-state index in [9.17, 15) is 4.79 Å². The molecule has 0 aliphatic carbocycles. The number of hydrogen-bond donors (Lipinski definition) is 2. The third kappa shape index (κ3) is 10.7. The second-order valence-electron chi connectivity index (χ2n) is 2.35. The molecule has 0 unspecified atom stereocenters. The standard InChI is InChI=1S/C10H15NO2/c1-2-3-4-5-8-11-9-6-7-10(12)13/h2-7,11H,8-9H2,1H3,(H,12,13). The molecule has 13 heavy (non-hydrogen) atoms. The lowest BCUT2D eigenvalue weighted by atomic mass is 10.4. The summed E-state index contributed by atoms with van der Waals surface area (Å²) in [5.41, 5.74) is 0. The van der Waals surface area contributed by atoms with Gasteiger partial charge in [-0.15, -0.1) is 0 Å². The fourth-order valence-corrected chi connectivity index (χ4v) is 0.667. The van der Waals surface area contributed by atoms with Crippen molar-refractivity contribution in [3.63, 3.8) is 0 Å². The summed E-state index contributed by atoms with van der Waals surface area (Å²) < 4.78 is 0. The van der Waals surface area contributed by atoms with E-state index in [1.807, 2.05) is 31.2 Å². The Morgan fingerprint density at radius 3 is 2.62 bits per heavy atom. The first-order valence-electron chi connectivity index (χ1n) is 4.15. The highest BCUT2D eigenvalue weighted by Crippen LogP contribution is 1.75. The third-order valence-corrected chi connectivity index (χ3v) is 1.22. The van der Waals surface area contributed by atoms with Crippen LogP contribution in [0.1, 0.15) is 6.92 Å². The molecule has 0 aromatic rings. The van der Waals surface area contributed by atoms with Crippen molar-refractivity contribution in [2.24, 2.45) is 0 Å². The maximum atomic E-state index is 10.0. The summed E-state index contributed by atoms with van der Waals surface area (Å²) in [6, 6.07) is 0. The Labute approximate surface area is 78.5 Å². The molecule has 72 valence electrons. The van der Waals surface area contributed by atoms with Gasteiger partial charge in [-0.3, -0.25) is 0 Å². The average molecular weight is 181 g/mol. The Morgan fingerprint density at radius 1 is 1.31 bits per heavy atom. The number of allylic oxidation sites excluding steroid dienone is 3. The monoisotopic (exact) mass is 181 g/mol. The largest absolute Gasteiger partial charge is 0.478 e. The average Bonchev–Trinajstić information content (AvgIpc) is 2.09. The van der Waals surface area contributed by atoms with Gasteiger partial charge in [-0.1, -0.05) is 30.4 Å². The van der Waals surface area contributed by atoms with E-state index in [0.29, 0.717) is 6.54 Å². The van der Waals surface area contributed by atoms with Gasteiger partial charge in [-0.2, -0.15) is 0 Å². The topological polar surface area (TPSA) is 49.3 Å². The predicted octanol–water partition coefficient (Wildman–Crippen LogP) is 1.35. The van der Waals surface area contributed by atoms with Gasteiger partial charge in [0, 0.05) is 19.2 Å². The Hall–Kier alpha value is -1.35. The van der Waals surface area contributed by atoms with Crippen molar-refractivity contribution in [3.05, 3.63) is 36.5 Å². The van der Waals surface area contributed by atoms with Gasteiger partial charge in [-0.05, 0) is 6.92 Å². The van der Waals surface area contributed by atoms with Crippen molar-refractivity contribution in [2.45, 2.75) is 6.92 Å². The first-order chi connectivity index (χ1) is 6.27. The van der Waals surface area contributed by atoms with Crippen molar-refractivity contribution in [1.29, 1.82) is 0 Å². The van der Waals surface area contributed by atoms with Crippen LogP contribution >= 0.6 is 0 Å². The summed E-state index contributed by atoms with van der Waals surface area (Å²) in [6.07, 6.45) is 10.5. The van der Waals surface area contributed by atoms with E-state index in [-0.39, 0.29) is 0 Å². The maximum Gasteiger partial charge on any atom is 0.328 e. The lowest BCUT2D eigenvalue weighted by Gasteiger charge is -1.92. The van der Waals surface area contributed by atoms with Crippen LogP contribution in [0.4, 0.5) is 0 Å². The van der Waals surface area contributed by atoms with Crippen LogP contribution in [-0.2, 0) is 4.79 Å². The third-order valence-electron chi connectivity index (χ3n) is 1.22. The van der Waals surface area contributed by atoms with Crippen LogP contribution in [0.5, 0.6) is 0 Å². The van der Waals surface area contributed by atoms with Crippen molar-refractivity contribution in [1.82, 2.24) is 5.32 Å². The smallest absolute Gasteiger partial charge is 0.328 e.